The number of nitrogens with zero attached hydrogens (tertiary/aromatic N) is 2. The number of aromatic nitrogens is 2. The van der Waals surface area contributed by atoms with E-state index in [1.54, 1.807) is 0 Å². The van der Waals surface area contributed by atoms with E-state index in [1.807, 2.05) is 6.07 Å². The van der Waals surface area contributed by atoms with E-state index in [1.165, 1.54) is 12.8 Å². The third kappa shape index (κ3) is 3.15. The number of hydrogen-bond acceptors (Lipinski definition) is 5. The Bertz CT molecular complexity index is 471. The number of rotatable bonds is 3. The summed E-state index contributed by atoms with van der Waals surface area (Å²) in [5.41, 5.74) is 5.81. The second-order valence-electron chi connectivity index (χ2n) is 6.25. The zero-order valence-electron chi connectivity index (χ0n) is 11.6. The van der Waals surface area contributed by atoms with Crippen molar-refractivity contribution >= 4 is 11.6 Å². The lowest BCUT2D eigenvalue weighted by atomic mass is 9.94. The van der Waals surface area contributed by atoms with Gasteiger partial charge in [0.15, 0.2) is 0 Å². The van der Waals surface area contributed by atoms with Crippen LogP contribution in [0, 0.1) is 0 Å². The minimum atomic E-state index is -0.0617. The first-order valence-electron chi connectivity index (χ1n) is 7.07. The molecule has 1 aliphatic carbocycles. The van der Waals surface area contributed by atoms with Crippen molar-refractivity contribution in [3.63, 3.8) is 0 Å². The molecule has 3 N–H and O–H groups in total. The van der Waals surface area contributed by atoms with Gasteiger partial charge in [0.05, 0.1) is 5.60 Å². The highest BCUT2D eigenvalue weighted by Gasteiger charge is 2.30. The summed E-state index contributed by atoms with van der Waals surface area (Å²) in [5, 5.41) is 3.49. The minimum Gasteiger partial charge on any atom is -0.384 e. The molecule has 3 rings (SSSR count). The highest BCUT2D eigenvalue weighted by molar-refractivity contribution is 5.46. The third-order valence-electron chi connectivity index (χ3n) is 3.75. The molecule has 1 saturated heterocycles. The molecule has 2 fully saturated rings. The van der Waals surface area contributed by atoms with Gasteiger partial charge < -0.3 is 15.8 Å². The van der Waals surface area contributed by atoms with Crippen molar-refractivity contribution in [3.8, 4) is 0 Å². The summed E-state index contributed by atoms with van der Waals surface area (Å²) < 4.78 is 5.73. The van der Waals surface area contributed by atoms with E-state index < -0.39 is 0 Å². The fourth-order valence-electron chi connectivity index (χ4n) is 2.65. The van der Waals surface area contributed by atoms with Crippen LogP contribution in [0.2, 0.25) is 0 Å². The molecule has 0 radical (unpaired) electrons. The largest absolute Gasteiger partial charge is 0.384 e. The molecular formula is C14H22N4O. The van der Waals surface area contributed by atoms with Crippen LogP contribution in [0.5, 0.6) is 0 Å². The second kappa shape index (κ2) is 4.63. The van der Waals surface area contributed by atoms with E-state index >= 15 is 0 Å². The van der Waals surface area contributed by atoms with E-state index in [0.29, 0.717) is 17.8 Å². The van der Waals surface area contributed by atoms with Crippen molar-refractivity contribution in [2.75, 3.05) is 17.7 Å². The monoisotopic (exact) mass is 262 g/mol. The Kier molecular flexibility index (Phi) is 3.09. The number of anilines is 2. The van der Waals surface area contributed by atoms with Crippen LogP contribution < -0.4 is 11.1 Å². The fourth-order valence-corrected chi connectivity index (χ4v) is 2.65. The molecule has 0 spiro atoms. The van der Waals surface area contributed by atoms with Crippen molar-refractivity contribution in [2.24, 2.45) is 0 Å². The number of ether oxygens (including phenoxy) is 1. The van der Waals surface area contributed by atoms with E-state index in [4.69, 9.17) is 10.5 Å². The molecule has 104 valence electrons. The Morgan fingerprint density at radius 1 is 1.32 bits per heavy atom. The van der Waals surface area contributed by atoms with Crippen molar-refractivity contribution < 1.29 is 4.74 Å². The number of nitrogens with one attached hydrogen (secondary N) is 1. The van der Waals surface area contributed by atoms with Gasteiger partial charge in [0.2, 0.25) is 0 Å². The van der Waals surface area contributed by atoms with Gasteiger partial charge in [-0.25, -0.2) is 9.97 Å². The third-order valence-corrected chi connectivity index (χ3v) is 3.75. The molecule has 19 heavy (non-hydrogen) atoms. The van der Waals surface area contributed by atoms with Gasteiger partial charge in [-0.2, -0.15) is 0 Å². The molecule has 5 nitrogen and oxygen atoms in total. The maximum Gasteiger partial charge on any atom is 0.136 e. The van der Waals surface area contributed by atoms with Crippen LogP contribution in [0.3, 0.4) is 0 Å². The summed E-state index contributed by atoms with van der Waals surface area (Å²) >= 11 is 0. The number of nitrogens with two attached hydrogens (primary N) is 1. The lowest BCUT2D eigenvalue weighted by Crippen LogP contribution is -2.40. The van der Waals surface area contributed by atoms with Crippen molar-refractivity contribution in [1.82, 2.24) is 9.97 Å². The van der Waals surface area contributed by atoms with Crippen LogP contribution in [0.25, 0.3) is 0 Å². The SMILES string of the molecule is CC1(C)CC(Nc2cc(N)nc(C3CC3)n2)CCO1. The molecule has 2 aliphatic rings. The van der Waals surface area contributed by atoms with E-state index in [2.05, 4.69) is 29.1 Å². The van der Waals surface area contributed by atoms with Crippen molar-refractivity contribution in [3.05, 3.63) is 11.9 Å². The average Bonchev–Trinajstić information content (AvgIpc) is 3.10. The molecule has 5 heteroatoms. The molecule has 2 heterocycles. The maximum atomic E-state index is 5.87. The summed E-state index contributed by atoms with van der Waals surface area (Å²) in [6, 6.07) is 2.22. The Morgan fingerprint density at radius 3 is 2.79 bits per heavy atom. The Morgan fingerprint density at radius 2 is 2.11 bits per heavy atom. The Balaban J connectivity index is 1.72. The zero-order valence-corrected chi connectivity index (χ0v) is 11.6. The summed E-state index contributed by atoms with van der Waals surface area (Å²) in [6.45, 7) is 5.05. The average molecular weight is 262 g/mol. The number of hydrogen-bond donors (Lipinski definition) is 2. The number of nitrogen functional groups attached to an aromatic ring is 1. The van der Waals surface area contributed by atoms with Gasteiger partial charge in [-0.15, -0.1) is 0 Å². The molecular weight excluding hydrogens is 240 g/mol. The molecule has 1 unspecified atom stereocenters. The summed E-state index contributed by atoms with van der Waals surface area (Å²) in [4.78, 5) is 8.91. The summed E-state index contributed by atoms with van der Waals surface area (Å²) in [6.07, 6.45) is 4.36. The van der Waals surface area contributed by atoms with Crippen LogP contribution in [-0.4, -0.2) is 28.2 Å². The minimum absolute atomic E-state index is 0.0617. The van der Waals surface area contributed by atoms with E-state index in [9.17, 15) is 0 Å². The highest BCUT2D eigenvalue weighted by Crippen LogP contribution is 2.38. The van der Waals surface area contributed by atoms with Gasteiger partial charge in [0.25, 0.3) is 0 Å². The van der Waals surface area contributed by atoms with Crippen LogP contribution in [0.4, 0.5) is 11.6 Å². The summed E-state index contributed by atoms with van der Waals surface area (Å²) in [5.74, 6) is 2.84. The first-order valence-corrected chi connectivity index (χ1v) is 7.07. The van der Waals surface area contributed by atoms with Gasteiger partial charge in [-0.05, 0) is 39.5 Å². The van der Waals surface area contributed by atoms with E-state index in [-0.39, 0.29) is 5.60 Å². The fraction of sp³-hybridized carbons (Fsp3) is 0.714. The molecule has 0 aromatic carbocycles. The van der Waals surface area contributed by atoms with Gasteiger partial charge >= 0.3 is 0 Å². The molecule has 1 saturated carbocycles. The molecule has 1 aliphatic heterocycles. The normalized spacial score (nSPS) is 26.1. The maximum absolute atomic E-state index is 5.87. The predicted octanol–water partition coefficient (Wildman–Crippen LogP) is 2.31. The quantitative estimate of drug-likeness (QED) is 0.874. The standard InChI is InChI=1S/C14H22N4O/c1-14(2)8-10(5-6-19-14)16-12-7-11(15)17-13(18-12)9-3-4-9/h7,9-10H,3-6,8H2,1-2H3,(H3,15,16,17,18). The highest BCUT2D eigenvalue weighted by atomic mass is 16.5. The van der Waals surface area contributed by atoms with Crippen molar-refractivity contribution in [1.29, 1.82) is 0 Å². The van der Waals surface area contributed by atoms with Gasteiger partial charge in [-0.1, -0.05) is 0 Å². The lowest BCUT2D eigenvalue weighted by Gasteiger charge is -2.36. The zero-order chi connectivity index (χ0) is 13.5. The first kappa shape index (κ1) is 12.7. The smallest absolute Gasteiger partial charge is 0.136 e. The molecule has 0 bridgehead atoms. The van der Waals surface area contributed by atoms with Crippen LogP contribution >= 0.6 is 0 Å². The molecule has 1 aromatic heterocycles. The molecule has 1 aromatic rings. The van der Waals surface area contributed by atoms with Gasteiger partial charge in [0, 0.05) is 24.6 Å². The Labute approximate surface area is 114 Å². The van der Waals surface area contributed by atoms with Crippen LogP contribution in [-0.2, 0) is 4.74 Å². The van der Waals surface area contributed by atoms with Crippen LogP contribution in [0.15, 0.2) is 6.07 Å². The molecule has 1 atom stereocenters. The van der Waals surface area contributed by atoms with Gasteiger partial charge in [0.1, 0.15) is 17.5 Å². The Hall–Kier alpha value is -1.36. The van der Waals surface area contributed by atoms with Gasteiger partial charge in [-0.3, -0.25) is 0 Å². The lowest BCUT2D eigenvalue weighted by molar-refractivity contribution is -0.0553. The first-order chi connectivity index (χ1) is 9.02. The topological polar surface area (TPSA) is 73.1 Å². The van der Waals surface area contributed by atoms with Crippen LogP contribution in [0.1, 0.15) is 51.3 Å². The predicted molar refractivity (Wildman–Crippen MR) is 75.1 cm³/mol. The van der Waals surface area contributed by atoms with Crippen molar-refractivity contribution in [2.45, 2.75) is 57.1 Å². The second-order valence-corrected chi connectivity index (χ2v) is 6.25. The molecule has 0 amide bonds. The summed E-state index contributed by atoms with van der Waals surface area (Å²) in [7, 11) is 0. The van der Waals surface area contributed by atoms with E-state index in [0.717, 1.165) is 31.1 Å².